The van der Waals surface area contributed by atoms with E-state index in [4.69, 9.17) is 5.73 Å². The maximum atomic E-state index is 9.20. The fourth-order valence-electron chi connectivity index (χ4n) is 3.35. The Morgan fingerprint density at radius 3 is 1.58 bits per heavy atom. The van der Waals surface area contributed by atoms with Gasteiger partial charge in [-0.25, -0.2) is 0 Å². The van der Waals surface area contributed by atoms with E-state index in [1.807, 2.05) is 0 Å². The van der Waals surface area contributed by atoms with Crippen LogP contribution in [-0.2, 0) is 12.8 Å². The summed E-state index contributed by atoms with van der Waals surface area (Å²) in [5.74, 6) is 0. The molecular formula is C23H41NO2. The van der Waals surface area contributed by atoms with Crippen LogP contribution in [0.2, 0.25) is 0 Å². The number of aliphatic hydroxyl groups excluding tert-OH is 2. The SMILES string of the molecule is CCCCCCCCCCc1ccc(CCCCC(N)(CO)CO)cc1. The van der Waals surface area contributed by atoms with Crippen molar-refractivity contribution in [2.45, 2.75) is 95.9 Å². The second kappa shape index (κ2) is 14.2. The molecule has 4 N–H and O–H groups in total. The van der Waals surface area contributed by atoms with Gasteiger partial charge in [0.1, 0.15) is 0 Å². The lowest BCUT2D eigenvalue weighted by molar-refractivity contribution is 0.112. The molecule has 0 unspecified atom stereocenters. The lowest BCUT2D eigenvalue weighted by atomic mass is 9.94. The minimum Gasteiger partial charge on any atom is -0.394 e. The summed E-state index contributed by atoms with van der Waals surface area (Å²) >= 11 is 0. The van der Waals surface area contributed by atoms with E-state index in [0.717, 1.165) is 19.3 Å². The molecule has 0 atom stereocenters. The summed E-state index contributed by atoms with van der Waals surface area (Å²) in [6.45, 7) is 1.96. The Balaban J connectivity index is 2.11. The quantitative estimate of drug-likeness (QED) is 0.371. The second-order valence-electron chi connectivity index (χ2n) is 7.93. The smallest absolute Gasteiger partial charge is 0.0633 e. The first-order chi connectivity index (χ1) is 12.6. The van der Waals surface area contributed by atoms with E-state index < -0.39 is 5.54 Å². The predicted molar refractivity (Wildman–Crippen MR) is 111 cm³/mol. The van der Waals surface area contributed by atoms with Crippen molar-refractivity contribution in [3.05, 3.63) is 35.4 Å². The van der Waals surface area contributed by atoms with Gasteiger partial charge in [0.25, 0.3) is 0 Å². The van der Waals surface area contributed by atoms with Crippen molar-refractivity contribution in [1.29, 1.82) is 0 Å². The molecule has 150 valence electrons. The zero-order valence-corrected chi connectivity index (χ0v) is 16.9. The van der Waals surface area contributed by atoms with Gasteiger partial charge in [-0.15, -0.1) is 0 Å². The number of hydrogen-bond donors (Lipinski definition) is 3. The molecule has 0 saturated carbocycles. The van der Waals surface area contributed by atoms with E-state index in [0.29, 0.717) is 6.42 Å². The Kier molecular flexibility index (Phi) is 12.6. The largest absolute Gasteiger partial charge is 0.394 e. The van der Waals surface area contributed by atoms with Crippen LogP contribution in [0.1, 0.15) is 88.7 Å². The van der Waals surface area contributed by atoms with Crippen LogP contribution in [0.25, 0.3) is 0 Å². The van der Waals surface area contributed by atoms with Crippen molar-refractivity contribution in [2.24, 2.45) is 5.73 Å². The van der Waals surface area contributed by atoms with Gasteiger partial charge in [-0.05, 0) is 43.2 Å². The molecule has 1 rings (SSSR count). The minimum absolute atomic E-state index is 0.156. The van der Waals surface area contributed by atoms with Crippen LogP contribution in [-0.4, -0.2) is 29.0 Å². The average molecular weight is 364 g/mol. The first kappa shape index (κ1) is 23.1. The number of nitrogens with two attached hydrogens (primary N) is 1. The number of rotatable bonds is 16. The number of aryl methyl sites for hydroxylation is 2. The Morgan fingerprint density at radius 2 is 1.12 bits per heavy atom. The maximum Gasteiger partial charge on any atom is 0.0633 e. The van der Waals surface area contributed by atoms with E-state index in [-0.39, 0.29) is 13.2 Å². The third-order valence-corrected chi connectivity index (χ3v) is 5.36. The summed E-state index contributed by atoms with van der Waals surface area (Å²) in [5.41, 5.74) is 7.88. The zero-order valence-electron chi connectivity index (χ0n) is 16.9. The number of benzene rings is 1. The van der Waals surface area contributed by atoms with Crippen molar-refractivity contribution in [2.75, 3.05) is 13.2 Å². The summed E-state index contributed by atoms with van der Waals surface area (Å²) in [5, 5.41) is 18.4. The summed E-state index contributed by atoms with van der Waals surface area (Å²) in [7, 11) is 0. The van der Waals surface area contributed by atoms with Crippen molar-refractivity contribution >= 4 is 0 Å². The third-order valence-electron chi connectivity index (χ3n) is 5.36. The van der Waals surface area contributed by atoms with Crippen molar-refractivity contribution in [3.63, 3.8) is 0 Å². The van der Waals surface area contributed by atoms with Gasteiger partial charge in [0, 0.05) is 0 Å². The molecule has 0 spiro atoms. The Labute approximate surface area is 161 Å². The van der Waals surface area contributed by atoms with Gasteiger partial charge >= 0.3 is 0 Å². The van der Waals surface area contributed by atoms with E-state index in [1.165, 1.54) is 68.9 Å². The van der Waals surface area contributed by atoms with E-state index in [9.17, 15) is 10.2 Å². The molecule has 0 aromatic heterocycles. The molecule has 0 radical (unpaired) electrons. The molecule has 3 nitrogen and oxygen atoms in total. The summed E-state index contributed by atoms with van der Waals surface area (Å²) in [6.07, 6.45) is 15.8. The zero-order chi connectivity index (χ0) is 19.1. The number of aliphatic hydroxyl groups is 2. The van der Waals surface area contributed by atoms with Gasteiger partial charge in [0.2, 0.25) is 0 Å². The molecular weight excluding hydrogens is 322 g/mol. The first-order valence-electron chi connectivity index (χ1n) is 10.7. The molecule has 0 aliphatic carbocycles. The summed E-state index contributed by atoms with van der Waals surface area (Å²) < 4.78 is 0. The standard InChI is InChI=1S/C23H41NO2/c1-2-3-4-5-6-7-8-9-12-21-14-16-22(17-15-21)13-10-11-18-23(24,19-25)20-26/h14-17,25-26H,2-13,18-20,24H2,1H3. The fraction of sp³-hybridized carbons (Fsp3) is 0.739. The highest BCUT2D eigenvalue weighted by atomic mass is 16.3. The van der Waals surface area contributed by atoms with Crippen LogP contribution in [0.15, 0.2) is 24.3 Å². The maximum absolute atomic E-state index is 9.20. The van der Waals surface area contributed by atoms with Crippen molar-refractivity contribution in [3.8, 4) is 0 Å². The molecule has 0 aliphatic heterocycles. The Bertz CT molecular complexity index is 440. The van der Waals surface area contributed by atoms with E-state index in [2.05, 4.69) is 31.2 Å². The number of unbranched alkanes of at least 4 members (excludes halogenated alkanes) is 8. The van der Waals surface area contributed by atoms with Crippen LogP contribution in [0.5, 0.6) is 0 Å². The van der Waals surface area contributed by atoms with Gasteiger partial charge in [0.15, 0.2) is 0 Å². The molecule has 26 heavy (non-hydrogen) atoms. The van der Waals surface area contributed by atoms with Gasteiger partial charge in [-0.1, -0.05) is 82.6 Å². The molecule has 0 bridgehead atoms. The fourth-order valence-corrected chi connectivity index (χ4v) is 3.35. The van der Waals surface area contributed by atoms with Crippen LogP contribution in [0, 0.1) is 0 Å². The molecule has 0 heterocycles. The molecule has 1 aromatic rings. The van der Waals surface area contributed by atoms with Gasteiger partial charge < -0.3 is 15.9 Å². The van der Waals surface area contributed by atoms with Crippen LogP contribution < -0.4 is 5.73 Å². The molecule has 3 heteroatoms. The Morgan fingerprint density at radius 1 is 0.692 bits per heavy atom. The molecule has 0 aliphatic rings. The third kappa shape index (κ3) is 10.3. The molecule has 0 fully saturated rings. The summed E-state index contributed by atoms with van der Waals surface area (Å²) in [4.78, 5) is 0. The molecule has 0 saturated heterocycles. The summed E-state index contributed by atoms with van der Waals surface area (Å²) in [6, 6.07) is 9.03. The highest BCUT2D eigenvalue weighted by molar-refractivity contribution is 5.22. The molecule has 0 amide bonds. The average Bonchev–Trinajstić information content (AvgIpc) is 2.68. The highest BCUT2D eigenvalue weighted by Gasteiger charge is 2.21. The van der Waals surface area contributed by atoms with Crippen molar-refractivity contribution < 1.29 is 10.2 Å². The highest BCUT2D eigenvalue weighted by Crippen LogP contribution is 2.15. The topological polar surface area (TPSA) is 66.5 Å². The minimum atomic E-state index is -0.820. The monoisotopic (exact) mass is 363 g/mol. The van der Waals surface area contributed by atoms with Crippen LogP contribution in [0.3, 0.4) is 0 Å². The van der Waals surface area contributed by atoms with Crippen LogP contribution >= 0.6 is 0 Å². The molecule has 1 aromatic carbocycles. The normalized spacial score (nSPS) is 11.8. The van der Waals surface area contributed by atoms with Gasteiger partial charge in [-0.3, -0.25) is 0 Å². The van der Waals surface area contributed by atoms with E-state index >= 15 is 0 Å². The van der Waals surface area contributed by atoms with Gasteiger partial charge in [0.05, 0.1) is 18.8 Å². The van der Waals surface area contributed by atoms with Gasteiger partial charge in [-0.2, -0.15) is 0 Å². The predicted octanol–water partition coefficient (Wildman–Crippen LogP) is 4.76. The van der Waals surface area contributed by atoms with Crippen LogP contribution in [0.4, 0.5) is 0 Å². The number of hydrogen-bond acceptors (Lipinski definition) is 3. The second-order valence-corrected chi connectivity index (χ2v) is 7.93. The lowest BCUT2D eigenvalue weighted by Gasteiger charge is -2.24. The lowest BCUT2D eigenvalue weighted by Crippen LogP contribution is -2.47. The first-order valence-corrected chi connectivity index (χ1v) is 10.7. The van der Waals surface area contributed by atoms with E-state index in [1.54, 1.807) is 0 Å². The van der Waals surface area contributed by atoms with Crippen molar-refractivity contribution in [1.82, 2.24) is 0 Å². The Hall–Kier alpha value is -0.900.